The molecule has 5 rings (SSSR count). The van der Waals surface area contributed by atoms with Gasteiger partial charge in [0.2, 0.25) is 5.91 Å². The van der Waals surface area contributed by atoms with Crippen LogP contribution in [0.15, 0.2) is 103 Å². The molecule has 0 radical (unpaired) electrons. The first-order valence-corrected chi connectivity index (χ1v) is 12.8. The molecule has 4 aromatic carbocycles. The first kappa shape index (κ1) is 25.1. The smallest absolute Gasteiger partial charge is 0.224 e. The average Bonchev–Trinajstić information content (AvgIpc) is 3.33. The highest BCUT2D eigenvalue weighted by molar-refractivity contribution is 5.80. The van der Waals surface area contributed by atoms with Crippen LogP contribution >= 0.6 is 0 Å². The number of benzene rings is 4. The van der Waals surface area contributed by atoms with Crippen molar-refractivity contribution >= 4 is 16.9 Å². The number of nitrogens with zero attached hydrogens (tertiary/aromatic N) is 2. The molecule has 1 heterocycles. The van der Waals surface area contributed by atoms with Crippen LogP contribution in [0.1, 0.15) is 24.4 Å². The lowest BCUT2D eigenvalue weighted by molar-refractivity contribution is -0.121. The zero-order valence-electron chi connectivity index (χ0n) is 21.6. The molecular formula is C32H31N3O3. The minimum Gasteiger partial charge on any atom is -0.497 e. The molecule has 0 fully saturated rings. The number of amides is 1. The number of imidazole rings is 1. The van der Waals surface area contributed by atoms with Gasteiger partial charge >= 0.3 is 0 Å². The number of rotatable bonds is 10. The van der Waals surface area contributed by atoms with E-state index in [1.54, 1.807) is 7.11 Å². The van der Waals surface area contributed by atoms with E-state index in [9.17, 15) is 4.79 Å². The number of hydrogen-bond acceptors (Lipinski definition) is 4. The normalized spacial score (nSPS) is 11.7. The number of para-hydroxylation sites is 2. The summed E-state index contributed by atoms with van der Waals surface area (Å²) in [4.78, 5) is 17.8. The maximum atomic E-state index is 12.9. The van der Waals surface area contributed by atoms with E-state index in [0.717, 1.165) is 45.0 Å². The predicted octanol–water partition coefficient (Wildman–Crippen LogP) is 6.21. The summed E-state index contributed by atoms with van der Waals surface area (Å²) in [6.45, 7) is 3.04. The van der Waals surface area contributed by atoms with Crippen molar-refractivity contribution in [1.82, 2.24) is 14.9 Å². The molecular weight excluding hydrogens is 474 g/mol. The number of nitrogens with one attached hydrogen (secondary N) is 1. The van der Waals surface area contributed by atoms with Gasteiger partial charge in [-0.05, 0) is 60.0 Å². The standard InChI is InChI=1S/C32H31N3O3/c1-23(33-31(36)22-24-12-14-26(15-13-24)25-8-4-3-5-9-25)32-34-29-10-6-7-11-30(29)35(32)20-21-38-28-18-16-27(37-2)17-19-28/h3-19,23H,20-22H2,1-2H3,(H,33,36). The molecule has 1 amide bonds. The molecule has 0 aliphatic carbocycles. The average molecular weight is 506 g/mol. The fraction of sp³-hybridized carbons (Fsp3) is 0.188. The SMILES string of the molecule is COc1ccc(OCCn2c(C(C)NC(=O)Cc3ccc(-c4ccccc4)cc3)nc3ccccc32)cc1. The van der Waals surface area contributed by atoms with Gasteiger partial charge in [-0.2, -0.15) is 0 Å². The van der Waals surface area contributed by atoms with E-state index < -0.39 is 0 Å². The highest BCUT2D eigenvalue weighted by Gasteiger charge is 2.18. The molecule has 0 aliphatic heterocycles. The summed E-state index contributed by atoms with van der Waals surface area (Å²) in [7, 11) is 1.64. The number of fused-ring (bicyclic) bond motifs is 1. The van der Waals surface area contributed by atoms with E-state index in [0.29, 0.717) is 19.6 Å². The van der Waals surface area contributed by atoms with Crippen LogP contribution in [0.4, 0.5) is 0 Å². The van der Waals surface area contributed by atoms with Gasteiger partial charge < -0.3 is 19.4 Å². The first-order chi connectivity index (χ1) is 18.6. The molecule has 5 aromatic rings. The van der Waals surface area contributed by atoms with E-state index in [2.05, 4.69) is 34.1 Å². The maximum absolute atomic E-state index is 12.9. The lowest BCUT2D eigenvalue weighted by Crippen LogP contribution is -2.30. The van der Waals surface area contributed by atoms with Crippen molar-refractivity contribution in [3.63, 3.8) is 0 Å². The van der Waals surface area contributed by atoms with Crippen molar-refractivity contribution in [2.45, 2.75) is 25.9 Å². The van der Waals surface area contributed by atoms with Crippen LogP contribution in [-0.2, 0) is 17.8 Å². The fourth-order valence-corrected chi connectivity index (χ4v) is 4.57. The van der Waals surface area contributed by atoms with E-state index in [-0.39, 0.29) is 11.9 Å². The lowest BCUT2D eigenvalue weighted by Gasteiger charge is -2.17. The van der Waals surface area contributed by atoms with Crippen molar-refractivity contribution in [1.29, 1.82) is 0 Å². The topological polar surface area (TPSA) is 65.4 Å². The molecule has 192 valence electrons. The summed E-state index contributed by atoms with van der Waals surface area (Å²) in [5.41, 5.74) is 5.17. The van der Waals surface area contributed by atoms with E-state index in [1.165, 1.54) is 0 Å². The predicted molar refractivity (Wildman–Crippen MR) is 150 cm³/mol. The van der Waals surface area contributed by atoms with Gasteiger partial charge in [-0.25, -0.2) is 4.98 Å². The third-order valence-electron chi connectivity index (χ3n) is 6.52. The number of ether oxygens (including phenoxy) is 2. The second-order valence-electron chi connectivity index (χ2n) is 9.16. The molecule has 1 unspecified atom stereocenters. The third-order valence-corrected chi connectivity index (χ3v) is 6.52. The Bertz CT molecular complexity index is 1490. The van der Waals surface area contributed by atoms with Crippen molar-refractivity contribution in [2.75, 3.05) is 13.7 Å². The summed E-state index contributed by atoms with van der Waals surface area (Å²) >= 11 is 0. The number of carbonyl (C=O) groups is 1. The van der Waals surface area contributed by atoms with Gasteiger partial charge in [0, 0.05) is 0 Å². The van der Waals surface area contributed by atoms with E-state index in [1.807, 2.05) is 85.8 Å². The van der Waals surface area contributed by atoms with Crippen LogP contribution in [0.3, 0.4) is 0 Å². The Kier molecular flexibility index (Phi) is 7.69. The summed E-state index contributed by atoms with van der Waals surface area (Å²) in [6.07, 6.45) is 0.306. The van der Waals surface area contributed by atoms with Gasteiger partial charge in [0.05, 0.1) is 37.2 Å². The Morgan fingerprint density at radius 2 is 1.50 bits per heavy atom. The van der Waals surface area contributed by atoms with Crippen LogP contribution in [0, 0.1) is 0 Å². The Morgan fingerprint density at radius 3 is 2.24 bits per heavy atom. The van der Waals surface area contributed by atoms with Gasteiger partial charge in [0.15, 0.2) is 0 Å². The Morgan fingerprint density at radius 1 is 0.842 bits per heavy atom. The van der Waals surface area contributed by atoms with Crippen LogP contribution in [-0.4, -0.2) is 29.2 Å². The quantitative estimate of drug-likeness (QED) is 0.245. The minimum atomic E-state index is -0.264. The summed E-state index contributed by atoms with van der Waals surface area (Å²) in [6, 6.07) is 33.6. The van der Waals surface area contributed by atoms with Crippen molar-refractivity contribution < 1.29 is 14.3 Å². The van der Waals surface area contributed by atoms with Crippen LogP contribution in [0.2, 0.25) is 0 Å². The van der Waals surface area contributed by atoms with Gasteiger partial charge in [-0.1, -0.05) is 66.7 Å². The molecule has 0 spiro atoms. The summed E-state index contributed by atoms with van der Waals surface area (Å²) in [5, 5.41) is 3.14. The molecule has 0 saturated heterocycles. The summed E-state index contributed by atoms with van der Waals surface area (Å²) in [5.74, 6) is 2.32. The number of hydrogen-bond donors (Lipinski definition) is 1. The monoisotopic (exact) mass is 505 g/mol. The molecule has 0 bridgehead atoms. The molecule has 0 aliphatic rings. The second-order valence-corrected chi connectivity index (χ2v) is 9.16. The third kappa shape index (κ3) is 5.86. The maximum Gasteiger partial charge on any atom is 0.224 e. The zero-order chi connectivity index (χ0) is 26.3. The molecule has 1 N–H and O–H groups in total. The van der Waals surface area contributed by atoms with Gasteiger partial charge in [-0.3, -0.25) is 4.79 Å². The van der Waals surface area contributed by atoms with Crippen molar-refractivity contribution in [3.8, 4) is 22.6 Å². The van der Waals surface area contributed by atoms with Crippen LogP contribution in [0.25, 0.3) is 22.2 Å². The van der Waals surface area contributed by atoms with E-state index >= 15 is 0 Å². The fourth-order valence-electron chi connectivity index (χ4n) is 4.57. The first-order valence-electron chi connectivity index (χ1n) is 12.8. The highest BCUT2D eigenvalue weighted by atomic mass is 16.5. The van der Waals surface area contributed by atoms with Crippen LogP contribution < -0.4 is 14.8 Å². The second kappa shape index (κ2) is 11.6. The molecule has 0 saturated carbocycles. The minimum absolute atomic E-state index is 0.0435. The number of aromatic nitrogens is 2. The van der Waals surface area contributed by atoms with Crippen LogP contribution in [0.5, 0.6) is 11.5 Å². The summed E-state index contributed by atoms with van der Waals surface area (Å²) < 4.78 is 13.3. The van der Waals surface area contributed by atoms with Gasteiger partial charge in [0.25, 0.3) is 0 Å². The Labute approximate surface area is 222 Å². The molecule has 1 aromatic heterocycles. The Hall–Kier alpha value is -4.58. The number of methoxy groups -OCH3 is 1. The molecule has 1 atom stereocenters. The molecule has 38 heavy (non-hydrogen) atoms. The molecule has 6 nitrogen and oxygen atoms in total. The molecule has 6 heteroatoms. The Balaban J connectivity index is 1.25. The van der Waals surface area contributed by atoms with E-state index in [4.69, 9.17) is 14.5 Å². The van der Waals surface area contributed by atoms with Gasteiger partial charge in [0.1, 0.15) is 23.9 Å². The van der Waals surface area contributed by atoms with Crippen molar-refractivity contribution in [3.05, 3.63) is 115 Å². The van der Waals surface area contributed by atoms with Crippen molar-refractivity contribution in [2.24, 2.45) is 0 Å². The largest absolute Gasteiger partial charge is 0.497 e. The highest BCUT2D eigenvalue weighted by Crippen LogP contribution is 2.23. The zero-order valence-corrected chi connectivity index (χ0v) is 21.6. The number of carbonyl (C=O) groups excluding carboxylic acids is 1. The lowest BCUT2D eigenvalue weighted by atomic mass is 10.0. The van der Waals surface area contributed by atoms with Gasteiger partial charge in [-0.15, -0.1) is 0 Å².